The number of ether oxygens (including phenoxy) is 1. The largest absolute Gasteiger partial charge is 0.378 e. The second kappa shape index (κ2) is 7.87. The van der Waals surface area contributed by atoms with Gasteiger partial charge in [-0.15, -0.1) is 0 Å². The van der Waals surface area contributed by atoms with Crippen molar-refractivity contribution in [3.05, 3.63) is 35.0 Å². The summed E-state index contributed by atoms with van der Waals surface area (Å²) in [6, 6.07) is 4.61. The van der Waals surface area contributed by atoms with E-state index in [1.807, 2.05) is 11.8 Å². The maximum Gasteiger partial charge on any atom is 0.262 e. The van der Waals surface area contributed by atoms with Crippen molar-refractivity contribution in [2.75, 3.05) is 54.9 Å². The SMILES string of the molecule is Cc1ccc(S(=O)(=O)Nc2cnc(N3CCOCC3)nc2N(C)C)cc1Cl. The van der Waals surface area contributed by atoms with Crippen LogP contribution in [-0.4, -0.2) is 58.8 Å². The molecule has 0 saturated carbocycles. The number of anilines is 3. The van der Waals surface area contributed by atoms with Crippen LogP contribution in [0.1, 0.15) is 5.56 Å². The number of aromatic nitrogens is 2. The van der Waals surface area contributed by atoms with E-state index in [9.17, 15) is 8.42 Å². The molecule has 0 unspecified atom stereocenters. The van der Waals surface area contributed by atoms with Gasteiger partial charge < -0.3 is 14.5 Å². The highest BCUT2D eigenvalue weighted by Gasteiger charge is 2.21. The lowest BCUT2D eigenvalue weighted by Gasteiger charge is -2.28. The number of morpholine rings is 1. The van der Waals surface area contributed by atoms with E-state index in [2.05, 4.69) is 14.7 Å². The minimum Gasteiger partial charge on any atom is -0.378 e. The highest BCUT2D eigenvalue weighted by atomic mass is 35.5. The van der Waals surface area contributed by atoms with Gasteiger partial charge in [0.05, 0.1) is 24.3 Å². The molecule has 1 fully saturated rings. The number of benzene rings is 1. The third kappa shape index (κ3) is 4.42. The van der Waals surface area contributed by atoms with Crippen LogP contribution < -0.4 is 14.5 Å². The lowest BCUT2D eigenvalue weighted by atomic mass is 10.2. The Kier molecular flexibility index (Phi) is 5.73. The monoisotopic (exact) mass is 411 g/mol. The second-order valence-electron chi connectivity index (χ2n) is 6.42. The molecule has 146 valence electrons. The van der Waals surface area contributed by atoms with Gasteiger partial charge in [-0.25, -0.2) is 13.4 Å². The van der Waals surface area contributed by atoms with E-state index in [1.165, 1.54) is 18.3 Å². The molecule has 2 aromatic rings. The molecule has 1 aliphatic heterocycles. The van der Waals surface area contributed by atoms with E-state index >= 15 is 0 Å². The molecule has 0 amide bonds. The molecule has 10 heteroatoms. The molecule has 1 aromatic heterocycles. The fraction of sp³-hybridized carbons (Fsp3) is 0.412. The van der Waals surface area contributed by atoms with Gasteiger partial charge in [-0.2, -0.15) is 4.98 Å². The Labute approximate surface area is 164 Å². The van der Waals surface area contributed by atoms with Gasteiger partial charge in [0.1, 0.15) is 5.69 Å². The number of sulfonamides is 1. The first kappa shape index (κ1) is 19.7. The molecule has 3 rings (SSSR count). The van der Waals surface area contributed by atoms with Gasteiger partial charge in [-0.3, -0.25) is 4.72 Å². The molecule has 8 nitrogen and oxygen atoms in total. The van der Waals surface area contributed by atoms with Gasteiger partial charge >= 0.3 is 0 Å². The fourth-order valence-electron chi connectivity index (χ4n) is 2.64. The molecule has 1 saturated heterocycles. The van der Waals surface area contributed by atoms with E-state index in [1.54, 1.807) is 25.1 Å². The van der Waals surface area contributed by atoms with Crippen molar-refractivity contribution in [2.45, 2.75) is 11.8 Å². The highest BCUT2D eigenvalue weighted by molar-refractivity contribution is 7.92. The maximum absolute atomic E-state index is 12.8. The lowest BCUT2D eigenvalue weighted by molar-refractivity contribution is 0.122. The Balaban J connectivity index is 1.92. The van der Waals surface area contributed by atoms with Crippen LogP contribution in [0.25, 0.3) is 0 Å². The number of nitrogens with zero attached hydrogens (tertiary/aromatic N) is 4. The smallest absolute Gasteiger partial charge is 0.262 e. The zero-order valence-corrected chi connectivity index (χ0v) is 17.0. The van der Waals surface area contributed by atoms with Gasteiger partial charge in [-0.05, 0) is 24.6 Å². The minimum atomic E-state index is -3.82. The van der Waals surface area contributed by atoms with Crippen LogP contribution in [-0.2, 0) is 14.8 Å². The quantitative estimate of drug-likeness (QED) is 0.806. The first-order valence-electron chi connectivity index (χ1n) is 8.44. The molecule has 1 N–H and O–H groups in total. The Bertz CT molecular complexity index is 930. The summed E-state index contributed by atoms with van der Waals surface area (Å²) >= 11 is 6.07. The van der Waals surface area contributed by atoms with Crippen molar-refractivity contribution in [1.29, 1.82) is 0 Å². The summed E-state index contributed by atoms with van der Waals surface area (Å²) in [4.78, 5) is 12.7. The summed E-state index contributed by atoms with van der Waals surface area (Å²) in [6.45, 7) is 4.43. The van der Waals surface area contributed by atoms with E-state index < -0.39 is 10.0 Å². The Morgan fingerprint density at radius 1 is 1.26 bits per heavy atom. The van der Waals surface area contributed by atoms with Crippen LogP contribution >= 0.6 is 11.6 Å². The van der Waals surface area contributed by atoms with Crippen LogP contribution in [0.5, 0.6) is 0 Å². The number of aryl methyl sites for hydroxylation is 1. The molecule has 27 heavy (non-hydrogen) atoms. The number of halogens is 1. The lowest BCUT2D eigenvalue weighted by Crippen LogP contribution is -2.37. The normalized spacial score (nSPS) is 14.9. The van der Waals surface area contributed by atoms with Crippen LogP contribution in [0.3, 0.4) is 0 Å². The van der Waals surface area contributed by atoms with Gasteiger partial charge in [0, 0.05) is 32.2 Å². The summed E-state index contributed by atoms with van der Waals surface area (Å²) in [7, 11) is -0.226. The Hall–Kier alpha value is -2.10. The molecule has 0 spiro atoms. The van der Waals surface area contributed by atoms with Crippen LogP contribution in [0.15, 0.2) is 29.3 Å². The van der Waals surface area contributed by atoms with E-state index in [4.69, 9.17) is 16.3 Å². The molecule has 0 aliphatic carbocycles. The van der Waals surface area contributed by atoms with E-state index in [-0.39, 0.29) is 4.90 Å². The third-order valence-corrected chi connectivity index (χ3v) is 5.94. The zero-order valence-electron chi connectivity index (χ0n) is 15.4. The van der Waals surface area contributed by atoms with Crippen molar-refractivity contribution in [2.24, 2.45) is 0 Å². The summed E-state index contributed by atoms with van der Waals surface area (Å²) in [5.74, 6) is 1.02. The van der Waals surface area contributed by atoms with Gasteiger partial charge in [0.25, 0.3) is 10.0 Å². The van der Waals surface area contributed by atoms with Crippen molar-refractivity contribution >= 4 is 39.1 Å². The first-order valence-corrected chi connectivity index (χ1v) is 10.3. The first-order chi connectivity index (χ1) is 12.8. The molecule has 0 bridgehead atoms. The molecule has 0 radical (unpaired) electrons. The summed E-state index contributed by atoms with van der Waals surface area (Å²) in [5.41, 5.74) is 1.11. The number of nitrogens with one attached hydrogen (secondary N) is 1. The van der Waals surface area contributed by atoms with Crippen LogP contribution in [0, 0.1) is 6.92 Å². The topological polar surface area (TPSA) is 87.7 Å². The van der Waals surface area contributed by atoms with Crippen molar-refractivity contribution in [3.8, 4) is 0 Å². The number of hydrogen-bond acceptors (Lipinski definition) is 7. The molecular formula is C17H22ClN5O3S. The maximum atomic E-state index is 12.8. The summed E-state index contributed by atoms with van der Waals surface area (Å²) in [5, 5.41) is 0.393. The average molecular weight is 412 g/mol. The summed E-state index contributed by atoms with van der Waals surface area (Å²) < 4.78 is 33.4. The van der Waals surface area contributed by atoms with Gasteiger partial charge in [0.2, 0.25) is 5.95 Å². The van der Waals surface area contributed by atoms with Crippen molar-refractivity contribution < 1.29 is 13.2 Å². The molecule has 0 atom stereocenters. The fourth-order valence-corrected chi connectivity index (χ4v) is 3.95. The van der Waals surface area contributed by atoms with E-state index in [0.29, 0.717) is 48.8 Å². The minimum absolute atomic E-state index is 0.0834. The van der Waals surface area contributed by atoms with Crippen molar-refractivity contribution in [3.63, 3.8) is 0 Å². The predicted octanol–water partition coefficient (Wildman–Crippen LogP) is 2.14. The molecule has 1 aliphatic rings. The average Bonchev–Trinajstić information content (AvgIpc) is 2.64. The van der Waals surface area contributed by atoms with E-state index in [0.717, 1.165) is 5.56 Å². The highest BCUT2D eigenvalue weighted by Crippen LogP contribution is 2.28. The third-order valence-electron chi connectivity index (χ3n) is 4.17. The zero-order chi connectivity index (χ0) is 19.6. The Morgan fingerprint density at radius 3 is 2.59 bits per heavy atom. The van der Waals surface area contributed by atoms with Gasteiger partial charge in [0.15, 0.2) is 5.82 Å². The van der Waals surface area contributed by atoms with Crippen LogP contribution in [0.2, 0.25) is 5.02 Å². The number of rotatable bonds is 5. The predicted molar refractivity (Wildman–Crippen MR) is 106 cm³/mol. The summed E-state index contributed by atoms with van der Waals surface area (Å²) in [6.07, 6.45) is 1.49. The standard InChI is InChI=1S/C17H22ClN5O3S/c1-12-4-5-13(10-14(12)18)27(24,25)21-15-11-19-17(20-16(15)22(2)3)23-6-8-26-9-7-23/h4-5,10-11,21H,6-9H2,1-3H3. The van der Waals surface area contributed by atoms with Crippen LogP contribution in [0.4, 0.5) is 17.5 Å². The number of hydrogen-bond donors (Lipinski definition) is 1. The Morgan fingerprint density at radius 2 is 1.96 bits per heavy atom. The second-order valence-corrected chi connectivity index (χ2v) is 8.51. The molecule has 1 aromatic carbocycles. The van der Waals surface area contributed by atoms with Crippen molar-refractivity contribution in [1.82, 2.24) is 9.97 Å². The van der Waals surface area contributed by atoms with Gasteiger partial charge in [-0.1, -0.05) is 17.7 Å². The molecular weight excluding hydrogens is 390 g/mol. The molecule has 2 heterocycles.